The molecule has 16 heavy (non-hydrogen) atoms. The summed E-state index contributed by atoms with van der Waals surface area (Å²) in [5.74, 6) is 0. The minimum atomic E-state index is 1.15. The molecule has 1 aliphatic heterocycles. The van der Waals surface area contributed by atoms with Crippen LogP contribution in [0.2, 0.25) is 0 Å². The van der Waals surface area contributed by atoms with Crippen molar-refractivity contribution in [1.82, 2.24) is 4.90 Å². The molecule has 0 amide bonds. The molecule has 1 aliphatic rings. The lowest BCUT2D eigenvalue weighted by molar-refractivity contribution is 0.313. The van der Waals surface area contributed by atoms with Crippen molar-refractivity contribution in [2.24, 2.45) is 0 Å². The van der Waals surface area contributed by atoms with Crippen LogP contribution in [0.1, 0.15) is 0 Å². The predicted octanol–water partition coefficient (Wildman–Crippen LogP) is 2.65. The van der Waals surface area contributed by atoms with Crippen LogP contribution < -0.4 is 4.90 Å². The maximum absolute atomic E-state index is 2.51. The molecule has 3 rings (SSSR count). The van der Waals surface area contributed by atoms with E-state index in [2.05, 4.69) is 46.5 Å². The van der Waals surface area contributed by atoms with Crippen molar-refractivity contribution in [3.63, 3.8) is 0 Å². The highest BCUT2D eigenvalue weighted by Gasteiger charge is 2.16. The molecule has 2 heterocycles. The van der Waals surface area contributed by atoms with Gasteiger partial charge in [0.15, 0.2) is 0 Å². The summed E-state index contributed by atoms with van der Waals surface area (Å²) in [7, 11) is 2.20. The third-order valence-corrected chi connectivity index (χ3v) is 4.25. The second-order valence-electron chi connectivity index (χ2n) is 4.41. The van der Waals surface area contributed by atoms with E-state index in [9.17, 15) is 0 Å². The largest absolute Gasteiger partial charge is 0.368 e. The third kappa shape index (κ3) is 1.70. The van der Waals surface area contributed by atoms with Crippen LogP contribution in [0.4, 0.5) is 5.69 Å². The van der Waals surface area contributed by atoms with Gasteiger partial charge in [0.05, 0.1) is 10.4 Å². The van der Waals surface area contributed by atoms with E-state index >= 15 is 0 Å². The molecule has 0 spiro atoms. The lowest BCUT2D eigenvalue weighted by atomic mass is 10.2. The van der Waals surface area contributed by atoms with Crippen LogP contribution in [0.3, 0.4) is 0 Å². The molecule has 0 N–H and O–H groups in total. The summed E-state index contributed by atoms with van der Waals surface area (Å²) in [6, 6.07) is 8.83. The Kier molecular flexibility index (Phi) is 2.58. The highest BCUT2D eigenvalue weighted by atomic mass is 32.1. The average Bonchev–Trinajstić information content (AvgIpc) is 2.78. The van der Waals surface area contributed by atoms with Gasteiger partial charge < -0.3 is 9.80 Å². The van der Waals surface area contributed by atoms with Crippen LogP contribution in [0.5, 0.6) is 0 Å². The Labute approximate surface area is 100 Å². The second kappa shape index (κ2) is 4.07. The Hall–Kier alpha value is -1.06. The van der Waals surface area contributed by atoms with Gasteiger partial charge in [-0.3, -0.25) is 0 Å². The Balaban J connectivity index is 1.96. The summed E-state index contributed by atoms with van der Waals surface area (Å²) in [5, 5.41) is 3.56. The van der Waals surface area contributed by atoms with Gasteiger partial charge in [-0.1, -0.05) is 12.1 Å². The van der Waals surface area contributed by atoms with E-state index in [1.54, 1.807) is 0 Å². The van der Waals surface area contributed by atoms with Gasteiger partial charge in [0.1, 0.15) is 0 Å². The standard InChI is InChI=1S/C13H16N2S/c1-14-6-8-15(9-7-14)12-4-2-3-11-5-10-16-13(11)12/h2-5,10H,6-9H2,1H3. The van der Waals surface area contributed by atoms with Crippen LogP contribution in [0.15, 0.2) is 29.6 Å². The van der Waals surface area contributed by atoms with Gasteiger partial charge in [-0.25, -0.2) is 0 Å². The van der Waals surface area contributed by atoms with E-state index in [1.807, 2.05) is 11.3 Å². The van der Waals surface area contributed by atoms with E-state index in [4.69, 9.17) is 0 Å². The molecule has 0 atom stereocenters. The number of hydrogen-bond donors (Lipinski definition) is 0. The molecular formula is C13H16N2S. The van der Waals surface area contributed by atoms with Crippen LogP contribution in [0, 0.1) is 0 Å². The maximum atomic E-state index is 2.51. The minimum Gasteiger partial charge on any atom is -0.368 e. The van der Waals surface area contributed by atoms with Gasteiger partial charge in [0, 0.05) is 26.2 Å². The van der Waals surface area contributed by atoms with Crippen LogP contribution in [-0.2, 0) is 0 Å². The first-order valence-electron chi connectivity index (χ1n) is 5.74. The molecule has 0 unspecified atom stereocenters. The first kappa shape index (κ1) is 10.1. The number of rotatable bonds is 1. The Bertz CT molecular complexity index is 483. The molecule has 1 aromatic carbocycles. The zero-order valence-corrected chi connectivity index (χ0v) is 10.3. The second-order valence-corrected chi connectivity index (χ2v) is 5.32. The molecule has 1 aromatic heterocycles. The summed E-state index contributed by atoms with van der Waals surface area (Å²) < 4.78 is 1.44. The molecular weight excluding hydrogens is 216 g/mol. The summed E-state index contributed by atoms with van der Waals surface area (Å²) in [4.78, 5) is 4.91. The van der Waals surface area contributed by atoms with Gasteiger partial charge in [-0.05, 0) is 29.9 Å². The Morgan fingerprint density at radius 2 is 1.88 bits per heavy atom. The van der Waals surface area contributed by atoms with Crippen molar-refractivity contribution in [3.05, 3.63) is 29.6 Å². The maximum Gasteiger partial charge on any atom is 0.0576 e. The van der Waals surface area contributed by atoms with E-state index in [0.29, 0.717) is 0 Å². The van der Waals surface area contributed by atoms with E-state index in [0.717, 1.165) is 13.1 Å². The summed E-state index contributed by atoms with van der Waals surface area (Å²) >= 11 is 1.85. The van der Waals surface area contributed by atoms with Gasteiger partial charge in [-0.15, -0.1) is 11.3 Å². The topological polar surface area (TPSA) is 6.48 Å². The molecule has 0 radical (unpaired) electrons. The lowest BCUT2D eigenvalue weighted by Crippen LogP contribution is -2.44. The van der Waals surface area contributed by atoms with E-state index < -0.39 is 0 Å². The number of benzene rings is 1. The van der Waals surface area contributed by atoms with E-state index in [1.165, 1.54) is 28.9 Å². The molecule has 0 aliphatic carbocycles. The normalized spacial score (nSPS) is 18.2. The van der Waals surface area contributed by atoms with Crippen LogP contribution in [0.25, 0.3) is 10.1 Å². The number of fused-ring (bicyclic) bond motifs is 1. The summed E-state index contributed by atoms with van der Waals surface area (Å²) in [6.45, 7) is 4.63. The van der Waals surface area contributed by atoms with Gasteiger partial charge >= 0.3 is 0 Å². The van der Waals surface area contributed by atoms with Crippen molar-refractivity contribution in [1.29, 1.82) is 0 Å². The summed E-state index contributed by atoms with van der Waals surface area (Å²) in [6.07, 6.45) is 0. The van der Waals surface area contributed by atoms with Crippen LogP contribution in [-0.4, -0.2) is 38.1 Å². The Morgan fingerprint density at radius 3 is 2.69 bits per heavy atom. The first-order valence-corrected chi connectivity index (χ1v) is 6.62. The quantitative estimate of drug-likeness (QED) is 0.746. The third-order valence-electron chi connectivity index (χ3n) is 3.30. The van der Waals surface area contributed by atoms with Crippen molar-refractivity contribution >= 4 is 27.1 Å². The molecule has 1 fully saturated rings. The molecule has 3 heteroatoms. The fourth-order valence-corrected chi connectivity index (χ4v) is 3.21. The number of nitrogens with zero attached hydrogens (tertiary/aromatic N) is 2. The smallest absolute Gasteiger partial charge is 0.0576 e. The number of piperazine rings is 1. The van der Waals surface area contributed by atoms with Crippen LogP contribution >= 0.6 is 11.3 Å². The fourth-order valence-electron chi connectivity index (χ4n) is 2.27. The van der Waals surface area contributed by atoms with Gasteiger partial charge in [0.25, 0.3) is 0 Å². The van der Waals surface area contributed by atoms with Crippen molar-refractivity contribution in [2.45, 2.75) is 0 Å². The number of hydrogen-bond acceptors (Lipinski definition) is 3. The predicted molar refractivity (Wildman–Crippen MR) is 71.5 cm³/mol. The molecule has 0 bridgehead atoms. The first-order chi connectivity index (χ1) is 7.84. The molecule has 2 nitrogen and oxygen atoms in total. The molecule has 1 saturated heterocycles. The molecule has 84 valence electrons. The highest BCUT2D eigenvalue weighted by molar-refractivity contribution is 7.17. The highest BCUT2D eigenvalue weighted by Crippen LogP contribution is 2.31. The molecule has 0 saturated carbocycles. The van der Waals surface area contributed by atoms with Gasteiger partial charge in [0.2, 0.25) is 0 Å². The summed E-state index contributed by atoms with van der Waals surface area (Å²) in [5.41, 5.74) is 1.42. The molecule has 2 aromatic rings. The van der Waals surface area contributed by atoms with Gasteiger partial charge in [-0.2, -0.15) is 0 Å². The van der Waals surface area contributed by atoms with Crippen molar-refractivity contribution in [3.8, 4) is 0 Å². The minimum absolute atomic E-state index is 1.15. The Morgan fingerprint density at radius 1 is 1.06 bits per heavy atom. The lowest BCUT2D eigenvalue weighted by Gasteiger charge is -2.34. The fraction of sp³-hybridized carbons (Fsp3) is 0.385. The zero-order chi connectivity index (χ0) is 11.0. The SMILES string of the molecule is CN1CCN(c2cccc3ccsc23)CC1. The van der Waals surface area contributed by atoms with Crippen molar-refractivity contribution < 1.29 is 0 Å². The monoisotopic (exact) mass is 232 g/mol. The zero-order valence-electron chi connectivity index (χ0n) is 9.52. The van der Waals surface area contributed by atoms with Crippen molar-refractivity contribution in [2.75, 3.05) is 38.1 Å². The number of anilines is 1. The average molecular weight is 232 g/mol. The number of thiophene rings is 1. The van der Waals surface area contributed by atoms with E-state index in [-0.39, 0.29) is 0 Å². The number of likely N-dealkylation sites (N-methyl/N-ethyl adjacent to an activating group) is 1.